The van der Waals surface area contributed by atoms with Crippen LogP contribution in [0.15, 0.2) is 65.6 Å². The van der Waals surface area contributed by atoms with Crippen molar-refractivity contribution in [2.45, 2.75) is 44.0 Å². The molecule has 1 heterocycles. The Morgan fingerprint density at radius 3 is 2.55 bits per heavy atom. The number of esters is 1. The molecule has 2 aromatic rings. The van der Waals surface area contributed by atoms with Crippen molar-refractivity contribution in [3.05, 3.63) is 77.4 Å². The van der Waals surface area contributed by atoms with Gasteiger partial charge >= 0.3 is 5.97 Å². The number of carbonyl (C=O) groups is 3. The van der Waals surface area contributed by atoms with E-state index >= 15 is 0 Å². The molecule has 0 radical (unpaired) electrons. The number of ketones is 1. The molecule has 1 saturated heterocycles. The van der Waals surface area contributed by atoms with Crippen molar-refractivity contribution in [3.8, 4) is 0 Å². The van der Waals surface area contributed by atoms with Crippen molar-refractivity contribution >= 4 is 27.7 Å². The Balaban J connectivity index is 1.79. The lowest BCUT2D eigenvalue weighted by Crippen LogP contribution is -2.45. The molecule has 1 aliphatic heterocycles. The number of benzene rings is 2. The number of hydrogen-bond acceptors (Lipinski definition) is 6. The monoisotopic (exact) mass is 467 g/mol. The van der Waals surface area contributed by atoms with Gasteiger partial charge in [-0.25, -0.2) is 17.5 Å². The SMILES string of the molecule is CCOC(=O)/C=C/[C@H]1C[C@]2(CCc3ccccc3C2=O)C(=O)N1S(=O)(=O)c1ccc(C)cc1. The van der Waals surface area contributed by atoms with Crippen molar-refractivity contribution < 1.29 is 27.5 Å². The molecule has 33 heavy (non-hydrogen) atoms. The summed E-state index contributed by atoms with van der Waals surface area (Å²) >= 11 is 0. The number of nitrogens with zero attached hydrogens (tertiary/aromatic N) is 1. The van der Waals surface area contributed by atoms with Crippen LogP contribution in [-0.2, 0) is 30.8 Å². The van der Waals surface area contributed by atoms with Crippen LogP contribution in [0.25, 0.3) is 0 Å². The first kappa shape index (κ1) is 22.9. The van der Waals surface area contributed by atoms with Gasteiger partial charge in [-0.05, 0) is 50.8 Å². The van der Waals surface area contributed by atoms with Crippen LogP contribution in [0.3, 0.4) is 0 Å². The average Bonchev–Trinajstić information content (AvgIpc) is 3.08. The lowest BCUT2D eigenvalue weighted by molar-refractivity contribution is -0.137. The fourth-order valence-electron chi connectivity index (χ4n) is 4.60. The zero-order valence-corrected chi connectivity index (χ0v) is 19.3. The van der Waals surface area contributed by atoms with E-state index in [1.807, 2.05) is 19.1 Å². The number of carbonyl (C=O) groups excluding carboxylic acids is 3. The zero-order valence-electron chi connectivity index (χ0n) is 18.5. The highest BCUT2D eigenvalue weighted by atomic mass is 32.2. The first-order chi connectivity index (χ1) is 15.7. The predicted molar refractivity (Wildman–Crippen MR) is 121 cm³/mol. The van der Waals surface area contributed by atoms with Crippen molar-refractivity contribution in [1.29, 1.82) is 0 Å². The quantitative estimate of drug-likeness (QED) is 0.380. The number of ether oxygens (including phenoxy) is 1. The summed E-state index contributed by atoms with van der Waals surface area (Å²) in [5.41, 5.74) is 0.672. The first-order valence-corrected chi connectivity index (χ1v) is 12.3. The molecule has 0 unspecified atom stereocenters. The van der Waals surface area contributed by atoms with Gasteiger partial charge in [-0.15, -0.1) is 0 Å². The molecule has 0 aromatic heterocycles. The second-order valence-electron chi connectivity index (χ2n) is 8.37. The van der Waals surface area contributed by atoms with Crippen molar-refractivity contribution in [3.63, 3.8) is 0 Å². The summed E-state index contributed by atoms with van der Waals surface area (Å²) in [7, 11) is -4.26. The van der Waals surface area contributed by atoms with Gasteiger partial charge in [0.25, 0.3) is 15.9 Å². The number of hydrogen-bond donors (Lipinski definition) is 0. The zero-order chi connectivity index (χ0) is 23.8. The summed E-state index contributed by atoms with van der Waals surface area (Å²) < 4.78 is 32.8. The molecule has 0 saturated carbocycles. The van der Waals surface area contributed by atoms with Crippen LogP contribution in [0.4, 0.5) is 0 Å². The van der Waals surface area contributed by atoms with Gasteiger partial charge in [-0.3, -0.25) is 9.59 Å². The third kappa shape index (κ3) is 3.88. The summed E-state index contributed by atoms with van der Waals surface area (Å²) in [5, 5.41) is 0. The molecular weight excluding hydrogens is 442 g/mol. The van der Waals surface area contributed by atoms with Crippen LogP contribution in [-0.4, -0.2) is 43.0 Å². The van der Waals surface area contributed by atoms with Crippen LogP contribution in [0, 0.1) is 12.3 Å². The molecule has 1 amide bonds. The third-order valence-corrected chi connectivity index (χ3v) is 8.13. The Morgan fingerprint density at radius 2 is 1.85 bits per heavy atom. The van der Waals surface area contributed by atoms with E-state index in [1.165, 1.54) is 18.2 Å². The van der Waals surface area contributed by atoms with Gasteiger partial charge in [0.05, 0.1) is 17.5 Å². The molecule has 0 N–H and O–H groups in total. The van der Waals surface area contributed by atoms with Gasteiger partial charge in [0.2, 0.25) is 0 Å². The molecule has 1 aliphatic carbocycles. The van der Waals surface area contributed by atoms with Gasteiger partial charge < -0.3 is 4.74 Å². The second-order valence-corrected chi connectivity index (χ2v) is 10.2. The molecule has 2 aliphatic rings. The number of fused-ring (bicyclic) bond motifs is 1. The van der Waals surface area contributed by atoms with Crippen molar-refractivity contribution in [2.24, 2.45) is 5.41 Å². The maximum atomic E-state index is 13.7. The van der Waals surface area contributed by atoms with Crippen LogP contribution in [0.1, 0.15) is 41.3 Å². The molecule has 1 spiro atoms. The molecule has 2 atom stereocenters. The summed E-state index contributed by atoms with van der Waals surface area (Å²) in [4.78, 5) is 39.1. The maximum absolute atomic E-state index is 13.7. The average molecular weight is 468 g/mol. The molecular formula is C25H25NO6S. The van der Waals surface area contributed by atoms with Crippen molar-refractivity contribution in [1.82, 2.24) is 4.31 Å². The molecule has 0 bridgehead atoms. The van der Waals surface area contributed by atoms with Gasteiger partial charge in [-0.2, -0.15) is 0 Å². The Kier molecular flexibility index (Phi) is 5.97. The standard InChI is InChI=1S/C25H25NO6S/c1-3-32-22(27)13-10-19-16-25(15-14-18-6-4-5-7-21(18)23(25)28)24(29)26(19)33(30,31)20-11-8-17(2)9-12-20/h4-13,19H,3,14-16H2,1-2H3/b13-10+/t19-,25-/m0/s1. The van der Waals surface area contributed by atoms with Crippen LogP contribution >= 0.6 is 0 Å². The largest absolute Gasteiger partial charge is 0.463 e. The second kappa shape index (κ2) is 8.59. The normalized spacial score (nSPS) is 22.7. The minimum atomic E-state index is -4.26. The number of Topliss-reactive ketones (excluding diaryl/α,β-unsaturated/α-hetero) is 1. The lowest BCUT2D eigenvalue weighted by atomic mass is 9.69. The first-order valence-electron chi connectivity index (χ1n) is 10.8. The Hall–Kier alpha value is -3.26. The number of aryl methyl sites for hydroxylation is 2. The minimum Gasteiger partial charge on any atom is -0.463 e. The fraction of sp³-hybridized carbons (Fsp3) is 0.320. The Bertz CT molecular complexity index is 1250. The summed E-state index contributed by atoms with van der Waals surface area (Å²) in [6, 6.07) is 12.3. The predicted octanol–water partition coefficient (Wildman–Crippen LogP) is 3.22. The highest BCUT2D eigenvalue weighted by Gasteiger charge is 2.60. The van der Waals surface area contributed by atoms with Gasteiger partial charge in [0, 0.05) is 11.6 Å². The molecule has 172 valence electrons. The smallest absolute Gasteiger partial charge is 0.330 e. The van der Waals surface area contributed by atoms with E-state index in [9.17, 15) is 22.8 Å². The van der Waals surface area contributed by atoms with Gasteiger partial charge in [0.1, 0.15) is 5.41 Å². The lowest BCUT2D eigenvalue weighted by Gasteiger charge is -2.31. The van der Waals surface area contributed by atoms with E-state index in [0.717, 1.165) is 21.5 Å². The summed E-state index contributed by atoms with van der Waals surface area (Å²) in [5.74, 6) is -1.76. The molecule has 2 aromatic carbocycles. The fourth-order valence-corrected chi connectivity index (χ4v) is 6.21. The molecule has 1 fully saturated rings. The van der Waals surface area contributed by atoms with E-state index in [2.05, 4.69) is 0 Å². The van der Waals surface area contributed by atoms with E-state index < -0.39 is 33.4 Å². The van der Waals surface area contributed by atoms with Crippen LogP contribution in [0.5, 0.6) is 0 Å². The van der Waals surface area contributed by atoms with Gasteiger partial charge in [-0.1, -0.05) is 48.0 Å². The van der Waals surface area contributed by atoms with E-state index in [1.54, 1.807) is 31.2 Å². The molecule has 8 heteroatoms. The minimum absolute atomic E-state index is 0.0278. The van der Waals surface area contributed by atoms with E-state index in [0.29, 0.717) is 12.0 Å². The highest BCUT2D eigenvalue weighted by molar-refractivity contribution is 7.89. The van der Waals surface area contributed by atoms with Crippen LogP contribution < -0.4 is 0 Å². The maximum Gasteiger partial charge on any atom is 0.330 e. The third-order valence-electron chi connectivity index (χ3n) is 6.30. The van der Waals surface area contributed by atoms with Gasteiger partial charge in [0.15, 0.2) is 5.78 Å². The molecule has 7 nitrogen and oxygen atoms in total. The Morgan fingerprint density at radius 1 is 1.15 bits per heavy atom. The van der Waals surface area contributed by atoms with Crippen LogP contribution in [0.2, 0.25) is 0 Å². The number of amides is 1. The van der Waals surface area contributed by atoms with E-state index in [4.69, 9.17) is 4.74 Å². The molecule has 4 rings (SSSR count). The summed E-state index contributed by atoms with van der Waals surface area (Å²) in [6.45, 7) is 3.65. The number of rotatable bonds is 5. The van der Waals surface area contributed by atoms with Crippen molar-refractivity contribution in [2.75, 3.05) is 6.61 Å². The van der Waals surface area contributed by atoms with E-state index in [-0.39, 0.29) is 30.1 Å². The summed E-state index contributed by atoms with van der Waals surface area (Å²) in [6.07, 6.45) is 3.15. The number of sulfonamides is 1. The Labute approximate surface area is 193 Å². The topological polar surface area (TPSA) is 97.8 Å². The highest BCUT2D eigenvalue weighted by Crippen LogP contribution is 2.48.